The van der Waals surface area contributed by atoms with Gasteiger partial charge in [0.25, 0.3) is 0 Å². The molecule has 1 aromatic heterocycles. The summed E-state index contributed by atoms with van der Waals surface area (Å²) < 4.78 is 5.48. The highest BCUT2D eigenvalue weighted by Gasteiger charge is 2.06. The van der Waals surface area contributed by atoms with Crippen LogP contribution < -0.4 is 10.6 Å². The van der Waals surface area contributed by atoms with Crippen molar-refractivity contribution in [2.45, 2.75) is 13.5 Å². The number of carbonyl (C=O) groups is 1. The maximum atomic E-state index is 11.3. The van der Waals surface area contributed by atoms with Gasteiger partial charge in [-0.15, -0.1) is 11.6 Å². The van der Waals surface area contributed by atoms with E-state index in [9.17, 15) is 4.79 Å². The van der Waals surface area contributed by atoms with Crippen LogP contribution in [0.4, 0.5) is 11.4 Å². The first-order valence-electron chi connectivity index (χ1n) is 5.93. The quantitative estimate of drug-likeness (QED) is 0.825. The summed E-state index contributed by atoms with van der Waals surface area (Å²) in [6.07, 6.45) is 0. The van der Waals surface area contributed by atoms with Gasteiger partial charge < -0.3 is 15.1 Å². The summed E-state index contributed by atoms with van der Waals surface area (Å²) in [4.78, 5) is 11.3. The van der Waals surface area contributed by atoms with E-state index in [-0.39, 0.29) is 11.8 Å². The molecule has 0 aliphatic rings. The monoisotopic (exact) mass is 278 g/mol. The minimum absolute atomic E-state index is 0.0638. The SMILES string of the molecule is Cc1ccc(CNc2ccccc2NC(=O)CCl)o1. The van der Waals surface area contributed by atoms with Crippen molar-refractivity contribution in [2.24, 2.45) is 0 Å². The van der Waals surface area contributed by atoms with Gasteiger partial charge in [-0.05, 0) is 31.2 Å². The van der Waals surface area contributed by atoms with Gasteiger partial charge >= 0.3 is 0 Å². The maximum Gasteiger partial charge on any atom is 0.239 e. The number of amides is 1. The summed E-state index contributed by atoms with van der Waals surface area (Å²) >= 11 is 5.48. The van der Waals surface area contributed by atoms with Gasteiger partial charge in [0.1, 0.15) is 17.4 Å². The highest BCUT2D eigenvalue weighted by atomic mass is 35.5. The van der Waals surface area contributed by atoms with E-state index < -0.39 is 0 Å². The molecular formula is C14H15ClN2O2. The fraction of sp³-hybridized carbons (Fsp3) is 0.214. The van der Waals surface area contributed by atoms with Gasteiger partial charge in [-0.25, -0.2) is 0 Å². The van der Waals surface area contributed by atoms with Crippen molar-refractivity contribution in [3.05, 3.63) is 47.9 Å². The molecule has 0 radical (unpaired) electrons. The van der Waals surface area contributed by atoms with Crippen molar-refractivity contribution in [1.82, 2.24) is 0 Å². The normalized spacial score (nSPS) is 10.2. The number of aryl methyl sites for hydroxylation is 1. The number of hydrogen-bond acceptors (Lipinski definition) is 3. The molecule has 2 aromatic rings. The molecule has 4 nitrogen and oxygen atoms in total. The Morgan fingerprint density at radius 2 is 1.95 bits per heavy atom. The number of hydrogen-bond donors (Lipinski definition) is 2. The first kappa shape index (κ1) is 13.5. The number of carbonyl (C=O) groups excluding carboxylic acids is 1. The number of nitrogens with one attached hydrogen (secondary N) is 2. The van der Waals surface area contributed by atoms with Crippen LogP contribution in [0.2, 0.25) is 0 Å². The molecule has 0 spiro atoms. The molecule has 1 aromatic carbocycles. The minimum Gasteiger partial charge on any atom is -0.465 e. The lowest BCUT2D eigenvalue weighted by Gasteiger charge is -2.11. The lowest BCUT2D eigenvalue weighted by Crippen LogP contribution is -2.14. The Morgan fingerprint density at radius 1 is 1.21 bits per heavy atom. The first-order valence-corrected chi connectivity index (χ1v) is 6.46. The summed E-state index contributed by atoms with van der Waals surface area (Å²) in [5, 5.41) is 5.96. The fourth-order valence-electron chi connectivity index (χ4n) is 1.69. The predicted molar refractivity (Wildman–Crippen MR) is 76.6 cm³/mol. The molecule has 0 aliphatic heterocycles. The predicted octanol–water partition coefficient (Wildman–Crippen LogP) is 3.38. The van der Waals surface area contributed by atoms with Crippen molar-refractivity contribution in [2.75, 3.05) is 16.5 Å². The summed E-state index contributed by atoms with van der Waals surface area (Å²) in [7, 11) is 0. The summed E-state index contributed by atoms with van der Waals surface area (Å²) in [6.45, 7) is 2.46. The summed E-state index contributed by atoms with van der Waals surface area (Å²) in [5.74, 6) is 1.42. The Bertz CT molecular complexity index is 566. The smallest absolute Gasteiger partial charge is 0.239 e. The van der Waals surface area contributed by atoms with E-state index in [0.29, 0.717) is 12.2 Å². The van der Waals surface area contributed by atoms with E-state index in [0.717, 1.165) is 17.2 Å². The molecule has 5 heteroatoms. The number of furan rings is 1. The third-order valence-electron chi connectivity index (χ3n) is 2.57. The molecule has 2 rings (SSSR count). The van der Waals surface area contributed by atoms with Crippen LogP contribution in [0.1, 0.15) is 11.5 Å². The number of benzene rings is 1. The van der Waals surface area contributed by atoms with E-state index >= 15 is 0 Å². The van der Waals surface area contributed by atoms with E-state index in [1.807, 2.05) is 43.3 Å². The molecule has 0 saturated carbocycles. The Kier molecular flexibility index (Phi) is 4.47. The number of rotatable bonds is 5. The van der Waals surface area contributed by atoms with Crippen LogP contribution in [0.15, 0.2) is 40.8 Å². The highest BCUT2D eigenvalue weighted by molar-refractivity contribution is 6.29. The largest absolute Gasteiger partial charge is 0.465 e. The third kappa shape index (κ3) is 3.76. The van der Waals surface area contributed by atoms with Crippen molar-refractivity contribution in [1.29, 1.82) is 0 Å². The summed E-state index contributed by atoms with van der Waals surface area (Å²) in [6, 6.07) is 11.3. The Morgan fingerprint density at radius 3 is 2.58 bits per heavy atom. The van der Waals surface area contributed by atoms with Crippen LogP contribution in [-0.4, -0.2) is 11.8 Å². The van der Waals surface area contributed by atoms with Crippen LogP contribution >= 0.6 is 11.6 Å². The second kappa shape index (κ2) is 6.29. The van der Waals surface area contributed by atoms with Gasteiger partial charge in [0.05, 0.1) is 17.9 Å². The van der Waals surface area contributed by atoms with Crippen molar-refractivity contribution >= 4 is 28.9 Å². The molecule has 1 amide bonds. The minimum atomic E-state index is -0.232. The average molecular weight is 279 g/mol. The summed E-state index contributed by atoms with van der Waals surface area (Å²) in [5.41, 5.74) is 1.53. The third-order valence-corrected chi connectivity index (χ3v) is 2.81. The second-order valence-electron chi connectivity index (χ2n) is 4.09. The molecule has 100 valence electrons. The molecule has 2 N–H and O–H groups in total. The molecule has 0 fully saturated rings. The lowest BCUT2D eigenvalue weighted by molar-refractivity contribution is -0.113. The number of alkyl halides is 1. The zero-order valence-electron chi connectivity index (χ0n) is 10.6. The van der Waals surface area contributed by atoms with Crippen LogP contribution in [0.5, 0.6) is 0 Å². The Labute approximate surface area is 116 Å². The standard InChI is InChI=1S/C14H15ClN2O2/c1-10-6-7-11(19-10)9-16-12-4-2-3-5-13(12)17-14(18)8-15/h2-7,16H,8-9H2,1H3,(H,17,18). The maximum absolute atomic E-state index is 11.3. The average Bonchev–Trinajstić information content (AvgIpc) is 2.83. The van der Waals surface area contributed by atoms with Crippen molar-refractivity contribution in [3.63, 3.8) is 0 Å². The van der Waals surface area contributed by atoms with Gasteiger partial charge in [0.15, 0.2) is 0 Å². The van der Waals surface area contributed by atoms with E-state index in [1.54, 1.807) is 0 Å². The number of anilines is 2. The van der Waals surface area contributed by atoms with Crippen molar-refractivity contribution in [3.8, 4) is 0 Å². The van der Waals surface area contributed by atoms with Crippen LogP contribution in [0.25, 0.3) is 0 Å². The topological polar surface area (TPSA) is 54.3 Å². The first-order chi connectivity index (χ1) is 9.19. The van der Waals surface area contributed by atoms with Gasteiger partial charge in [-0.1, -0.05) is 12.1 Å². The fourth-order valence-corrected chi connectivity index (χ4v) is 1.76. The van der Waals surface area contributed by atoms with E-state index in [2.05, 4.69) is 10.6 Å². The molecule has 0 unspecified atom stereocenters. The Balaban J connectivity index is 2.05. The molecule has 0 bridgehead atoms. The van der Waals surface area contributed by atoms with Gasteiger partial charge in [-0.2, -0.15) is 0 Å². The molecule has 19 heavy (non-hydrogen) atoms. The highest BCUT2D eigenvalue weighted by Crippen LogP contribution is 2.22. The lowest BCUT2D eigenvalue weighted by atomic mass is 10.2. The zero-order chi connectivity index (χ0) is 13.7. The number of halogens is 1. The van der Waals surface area contributed by atoms with Crippen LogP contribution in [0.3, 0.4) is 0 Å². The molecular weight excluding hydrogens is 264 g/mol. The second-order valence-corrected chi connectivity index (χ2v) is 4.36. The van der Waals surface area contributed by atoms with Crippen molar-refractivity contribution < 1.29 is 9.21 Å². The zero-order valence-corrected chi connectivity index (χ0v) is 11.3. The number of para-hydroxylation sites is 2. The molecule has 0 aliphatic carbocycles. The van der Waals surface area contributed by atoms with Gasteiger partial charge in [-0.3, -0.25) is 4.79 Å². The van der Waals surface area contributed by atoms with Gasteiger partial charge in [0, 0.05) is 0 Å². The molecule has 0 atom stereocenters. The van der Waals surface area contributed by atoms with Crippen LogP contribution in [-0.2, 0) is 11.3 Å². The van der Waals surface area contributed by atoms with Gasteiger partial charge in [0.2, 0.25) is 5.91 Å². The van der Waals surface area contributed by atoms with E-state index in [4.69, 9.17) is 16.0 Å². The Hall–Kier alpha value is -1.94. The molecule has 0 saturated heterocycles. The van der Waals surface area contributed by atoms with Crippen LogP contribution in [0, 0.1) is 6.92 Å². The molecule has 1 heterocycles. The van der Waals surface area contributed by atoms with E-state index in [1.165, 1.54) is 0 Å².